The normalized spacial score (nSPS) is 20.7. The summed E-state index contributed by atoms with van der Waals surface area (Å²) in [4.78, 5) is 15.4. The van der Waals surface area contributed by atoms with E-state index in [1.54, 1.807) is 6.20 Å². The molecule has 7 nitrogen and oxygen atoms in total. The van der Waals surface area contributed by atoms with Gasteiger partial charge >= 0.3 is 0 Å². The second kappa shape index (κ2) is 7.54. The molecule has 3 heterocycles. The van der Waals surface area contributed by atoms with E-state index in [2.05, 4.69) is 31.9 Å². The molecule has 0 saturated carbocycles. The number of aliphatic hydroxyl groups is 1. The Bertz CT molecular complexity index is 926. The van der Waals surface area contributed by atoms with Gasteiger partial charge in [-0.1, -0.05) is 30.3 Å². The lowest BCUT2D eigenvalue weighted by molar-refractivity contribution is 0.0282. The Hall–Kier alpha value is -2.64. The molecule has 3 aromatic rings. The zero-order chi connectivity index (χ0) is 18.8. The Morgan fingerprint density at radius 1 is 1.22 bits per heavy atom. The summed E-state index contributed by atoms with van der Waals surface area (Å²) in [6, 6.07) is 9.83. The SMILES string of the molecule is Cc1nccc(-c2cccc(-c3noc(CN4CCC(O)C(C)C4)n3)c2)n1. The Kier molecular flexibility index (Phi) is 4.96. The van der Waals surface area contributed by atoms with Crippen molar-refractivity contribution in [3.8, 4) is 22.6 Å². The van der Waals surface area contributed by atoms with Crippen molar-refractivity contribution in [1.82, 2.24) is 25.0 Å². The van der Waals surface area contributed by atoms with E-state index < -0.39 is 0 Å². The van der Waals surface area contributed by atoms with E-state index in [-0.39, 0.29) is 12.0 Å². The van der Waals surface area contributed by atoms with Gasteiger partial charge < -0.3 is 9.63 Å². The molecule has 2 aromatic heterocycles. The van der Waals surface area contributed by atoms with Crippen molar-refractivity contribution in [3.05, 3.63) is 48.2 Å². The molecule has 27 heavy (non-hydrogen) atoms. The summed E-state index contributed by atoms with van der Waals surface area (Å²) < 4.78 is 5.46. The molecule has 1 aromatic carbocycles. The van der Waals surface area contributed by atoms with E-state index in [1.807, 2.05) is 37.3 Å². The predicted octanol–water partition coefficient (Wildman–Crippen LogP) is 2.70. The number of nitrogens with zero attached hydrogens (tertiary/aromatic N) is 5. The zero-order valence-corrected chi connectivity index (χ0v) is 15.5. The molecule has 1 N–H and O–H groups in total. The fraction of sp³-hybridized carbons (Fsp3) is 0.400. The maximum atomic E-state index is 9.86. The lowest BCUT2D eigenvalue weighted by Gasteiger charge is -2.33. The van der Waals surface area contributed by atoms with Crippen molar-refractivity contribution in [2.24, 2.45) is 5.92 Å². The van der Waals surface area contributed by atoms with E-state index in [1.165, 1.54) is 0 Å². The van der Waals surface area contributed by atoms with Gasteiger partial charge in [0.25, 0.3) is 0 Å². The summed E-state index contributed by atoms with van der Waals surface area (Å²) >= 11 is 0. The van der Waals surface area contributed by atoms with Crippen LogP contribution in [0.25, 0.3) is 22.6 Å². The maximum Gasteiger partial charge on any atom is 0.241 e. The third-order valence-electron chi connectivity index (χ3n) is 4.96. The van der Waals surface area contributed by atoms with Gasteiger partial charge in [0.2, 0.25) is 11.7 Å². The van der Waals surface area contributed by atoms with E-state index in [4.69, 9.17) is 4.52 Å². The summed E-state index contributed by atoms with van der Waals surface area (Å²) in [5, 5.41) is 14.0. The highest BCUT2D eigenvalue weighted by atomic mass is 16.5. The van der Waals surface area contributed by atoms with Crippen molar-refractivity contribution in [2.45, 2.75) is 32.9 Å². The van der Waals surface area contributed by atoms with Crippen LogP contribution in [0, 0.1) is 12.8 Å². The summed E-state index contributed by atoms with van der Waals surface area (Å²) in [6.45, 7) is 6.22. The fourth-order valence-electron chi connectivity index (χ4n) is 3.43. The monoisotopic (exact) mass is 365 g/mol. The van der Waals surface area contributed by atoms with Crippen LogP contribution in [0.15, 0.2) is 41.1 Å². The molecule has 0 bridgehead atoms. The molecule has 2 unspecified atom stereocenters. The molecule has 140 valence electrons. The number of aryl methyl sites for hydroxylation is 1. The van der Waals surface area contributed by atoms with Crippen LogP contribution in [0.5, 0.6) is 0 Å². The fourth-order valence-corrected chi connectivity index (χ4v) is 3.43. The molecule has 0 aliphatic carbocycles. The van der Waals surface area contributed by atoms with Crippen LogP contribution in [0.2, 0.25) is 0 Å². The Morgan fingerprint density at radius 2 is 2.07 bits per heavy atom. The van der Waals surface area contributed by atoms with E-state index in [9.17, 15) is 5.11 Å². The van der Waals surface area contributed by atoms with Gasteiger partial charge in [-0.15, -0.1) is 0 Å². The third kappa shape index (κ3) is 4.04. The molecule has 0 radical (unpaired) electrons. The third-order valence-corrected chi connectivity index (χ3v) is 4.96. The molecule has 7 heteroatoms. The highest BCUT2D eigenvalue weighted by molar-refractivity contribution is 5.67. The Labute approximate surface area is 158 Å². The smallest absolute Gasteiger partial charge is 0.241 e. The van der Waals surface area contributed by atoms with E-state index >= 15 is 0 Å². The molecule has 1 fully saturated rings. The Balaban J connectivity index is 1.51. The van der Waals surface area contributed by atoms with Gasteiger partial charge in [-0.05, 0) is 31.4 Å². The molecule has 1 aliphatic heterocycles. The van der Waals surface area contributed by atoms with Crippen LogP contribution in [0.1, 0.15) is 25.1 Å². The van der Waals surface area contributed by atoms with Gasteiger partial charge in [0.15, 0.2) is 0 Å². The Morgan fingerprint density at radius 3 is 2.89 bits per heavy atom. The number of piperidine rings is 1. The number of hydrogen-bond donors (Lipinski definition) is 1. The molecular formula is C20H23N5O2. The van der Waals surface area contributed by atoms with Crippen LogP contribution >= 0.6 is 0 Å². The standard InChI is InChI=1S/C20H23N5O2/c1-13-11-25(9-7-18(13)26)12-19-23-20(24-27-19)16-5-3-4-15(10-16)17-6-8-21-14(2)22-17/h3-6,8,10,13,18,26H,7,9,11-12H2,1-2H3. The molecule has 0 spiro atoms. The lowest BCUT2D eigenvalue weighted by Crippen LogP contribution is -2.41. The first kappa shape index (κ1) is 17.8. The van der Waals surface area contributed by atoms with Crippen molar-refractivity contribution in [3.63, 3.8) is 0 Å². The average Bonchev–Trinajstić information content (AvgIpc) is 3.13. The van der Waals surface area contributed by atoms with Crippen LogP contribution < -0.4 is 0 Å². The first-order valence-corrected chi connectivity index (χ1v) is 9.22. The number of aliphatic hydroxyl groups excluding tert-OH is 1. The predicted molar refractivity (Wildman–Crippen MR) is 101 cm³/mol. The summed E-state index contributed by atoms with van der Waals surface area (Å²) in [7, 11) is 0. The van der Waals surface area contributed by atoms with Gasteiger partial charge in [-0.3, -0.25) is 4.90 Å². The first-order chi connectivity index (χ1) is 13.1. The number of aromatic nitrogens is 4. The number of benzene rings is 1. The number of hydrogen-bond acceptors (Lipinski definition) is 7. The second-order valence-corrected chi connectivity index (χ2v) is 7.15. The van der Waals surface area contributed by atoms with Gasteiger partial charge in [0, 0.05) is 30.4 Å². The highest BCUT2D eigenvalue weighted by Gasteiger charge is 2.25. The summed E-state index contributed by atoms with van der Waals surface area (Å²) in [5.41, 5.74) is 2.75. The zero-order valence-electron chi connectivity index (χ0n) is 15.5. The van der Waals surface area contributed by atoms with Gasteiger partial charge in [-0.2, -0.15) is 4.98 Å². The molecule has 4 rings (SSSR count). The lowest BCUT2D eigenvalue weighted by atomic mass is 9.97. The molecule has 1 aliphatic rings. The molecule has 2 atom stereocenters. The van der Waals surface area contributed by atoms with E-state index in [0.717, 1.165) is 42.2 Å². The van der Waals surface area contributed by atoms with Gasteiger partial charge in [0.05, 0.1) is 18.3 Å². The topological polar surface area (TPSA) is 88.2 Å². The summed E-state index contributed by atoms with van der Waals surface area (Å²) in [6.07, 6.45) is 2.32. The largest absolute Gasteiger partial charge is 0.393 e. The quantitative estimate of drug-likeness (QED) is 0.760. The van der Waals surface area contributed by atoms with Crippen molar-refractivity contribution in [1.29, 1.82) is 0 Å². The first-order valence-electron chi connectivity index (χ1n) is 9.22. The summed E-state index contributed by atoms with van der Waals surface area (Å²) in [5.74, 6) is 2.16. The van der Waals surface area contributed by atoms with E-state index in [0.29, 0.717) is 18.3 Å². The van der Waals surface area contributed by atoms with Crippen molar-refractivity contribution >= 4 is 0 Å². The van der Waals surface area contributed by atoms with Crippen molar-refractivity contribution in [2.75, 3.05) is 13.1 Å². The molecule has 1 saturated heterocycles. The minimum absolute atomic E-state index is 0.215. The average molecular weight is 365 g/mol. The van der Waals surface area contributed by atoms with Crippen molar-refractivity contribution < 1.29 is 9.63 Å². The van der Waals surface area contributed by atoms with Crippen LogP contribution in [0.4, 0.5) is 0 Å². The maximum absolute atomic E-state index is 9.86. The molecule has 0 amide bonds. The van der Waals surface area contributed by atoms with Gasteiger partial charge in [0.1, 0.15) is 5.82 Å². The van der Waals surface area contributed by atoms with Crippen LogP contribution in [-0.4, -0.2) is 49.3 Å². The number of likely N-dealkylation sites (tertiary alicyclic amines) is 1. The second-order valence-electron chi connectivity index (χ2n) is 7.15. The molecular weight excluding hydrogens is 342 g/mol. The number of rotatable bonds is 4. The highest BCUT2D eigenvalue weighted by Crippen LogP contribution is 2.24. The van der Waals surface area contributed by atoms with Crippen LogP contribution in [-0.2, 0) is 6.54 Å². The van der Waals surface area contributed by atoms with Gasteiger partial charge in [-0.25, -0.2) is 9.97 Å². The minimum atomic E-state index is -0.215. The van der Waals surface area contributed by atoms with Crippen LogP contribution in [0.3, 0.4) is 0 Å². The minimum Gasteiger partial charge on any atom is -0.393 e.